The van der Waals surface area contributed by atoms with E-state index in [1.54, 1.807) is 0 Å². The fourth-order valence-electron chi connectivity index (χ4n) is 4.96. The van der Waals surface area contributed by atoms with Crippen molar-refractivity contribution in [3.05, 3.63) is 95.7 Å². The summed E-state index contributed by atoms with van der Waals surface area (Å²) in [5.74, 6) is 0.569. The van der Waals surface area contributed by atoms with Crippen LogP contribution < -0.4 is 0 Å². The normalized spacial score (nSPS) is 14.7. The molecule has 1 aliphatic rings. The summed E-state index contributed by atoms with van der Waals surface area (Å²) < 4.78 is 7.29. The highest BCUT2D eigenvalue weighted by Gasteiger charge is 2.22. The van der Waals surface area contributed by atoms with Gasteiger partial charge in [-0.1, -0.05) is 67.3 Å². The zero-order valence-electron chi connectivity index (χ0n) is 19.5. The molecular formula is C30H31NO2. The quantitative estimate of drug-likeness (QED) is 0.279. The molecule has 0 amide bonds. The van der Waals surface area contributed by atoms with Gasteiger partial charge in [0.25, 0.3) is 0 Å². The van der Waals surface area contributed by atoms with E-state index < -0.39 is 0 Å². The van der Waals surface area contributed by atoms with Crippen LogP contribution in [0.2, 0.25) is 0 Å². The van der Waals surface area contributed by atoms with Crippen molar-refractivity contribution < 1.29 is 9.53 Å². The number of hydrogen-bond donors (Lipinski definition) is 0. The lowest BCUT2D eigenvalue weighted by Crippen LogP contribution is -2.16. The van der Waals surface area contributed by atoms with Crippen LogP contribution in [0.25, 0.3) is 22.0 Å². The molecule has 1 unspecified atom stereocenters. The highest BCUT2D eigenvalue weighted by molar-refractivity contribution is 5.89. The Morgan fingerprint density at radius 2 is 1.70 bits per heavy atom. The molecule has 1 heterocycles. The molecule has 1 fully saturated rings. The average molecular weight is 438 g/mol. The first-order valence-corrected chi connectivity index (χ1v) is 12.0. The van der Waals surface area contributed by atoms with E-state index in [9.17, 15) is 4.79 Å². The van der Waals surface area contributed by atoms with Gasteiger partial charge in [-0.3, -0.25) is 0 Å². The molecule has 3 heteroatoms. The second-order valence-corrected chi connectivity index (χ2v) is 9.37. The van der Waals surface area contributed by atoms with Crippen LogP contribution in [0.4, 0.5) is 0 Å². The third kappa shape index (κ3) is 4.45. The minimum Gasteiger partial charge on any atom is -0.465 e. The molecule has 1 aromatic heterocycles. The monoisotopic (exact) mass is 437 g/mol. The van der Waals surface area contributed by atoms with Crippen molar-refractivity contribution in [2.45, 2.75) is 45.1 Å². The smallest absolute Gasteiger partial charge is 0.337 e. The van der Waals surface area contributed by atoms with Crippen LogP contribution in [0, 0.1) is 12.8 Å². The predicted octanol–water partition coefficient (Wildman–Crippen LogP) is 7.57. The van der Waals surface area contributed by atoms with Crippen LogP contribution in [0.1, 0.15) is 59.6 Å². The predicted molar refractivity (Wildman–Crippen MR) is 135 cm³/mol. The molecule has 3 aromatic carbocycles. The summed E-state index contributed by atoms with van der Waals surface area (Å²) in [5.41, 5.74) is 6.85. The fraction of sp³-hybridized carbons (Fsp3) is 0.300. The number of nitrogens with zero attached hydrogens (tertiary/aromatic N) is 1. The Kier molecular flexibility index (Phi) is 6.04. The van der Waals surface area contributed by atoms with Gasteiger partial charge in [0, 0.05) is 17.1 Å². The van der Waals surface area contributed by atoms with E-state index in [0.29, 0.717) is 5.56 Å². The summed E-state index contributed by atoms with van der Waals surface area (Å²) in [7, 11) is 1.43. The Bertz CT molecular complexity index is 1250. The van der Waals surface area contributed by atoms with Gasteiger partial charge in [0.1, 0.15) is 0 Å². The Labute approximate surface area is 196 Å². The number of rotatable bonds is 7. The highest BCUT2D eigenvalue weighted by atomic mass is 16.5. The number of hydrogen-bond acceptors (Lipinski definition) is 2. The highest BCUT2D eigenvalue weighted by Crippen LogP contribution is 2.36. The van der Waals surface area contributed by atoms with Crippen LogP contribution in [0.5, 0.6) is 0 Å². The lowest BCUT2D eigenvalue weighted by atomic mass is 9.80. The summed E-state index contributed by atoms with van der Waals surface area (Å²) in [6, 6.07) is 25.9. The molecule has 168 valence electrons. The number of benzene rings is 3. The van der Waals surface area contributed by atoms with Crippen LogP contribution in [-0.2, 0) is 4.74 Å². The lowest BCUT2D eigenvalue weighted by Gasteiger charge is -2.28. The molecule has 4 aromatic rings. The average Bonchev–Trinajstić information content (AvgIpc) is 3.24. The number of carbonyl (C=O) groups excluding carboxylic acids is 1. The van der Waals surface area contributed by atoms with Crippen molar-refractivity contribution in [2.24, 2.45) is 5.92 Å². The van der Waals surface area contributed by atoms with E-state index in [2.05, 4.69) is 78.4 Å². The molecule has 0 aliphatic heterocycles. The van der Waals surface area contributed by atoms with Gasteiger partial charge in [-0.05, 0) is 72.7 Å². The molecular weight excluding hydrogens is 406 g/mol. The molecule has 0 N–H and O–H groups in total. The first-order chi connectivity index (χ1) is 16.1. The maximum Gasteiger partial charge on any atom is 0.337 e. The summed E-state index contributed by atoms with van der Waals surface area (Å²) >= 11 is 0. The van der Waals surface area contributed by atoms with Crippen molar-refractivity contribution in [3.8, 4) is 11.1 Å². The van der Waals surface area contributed by atoms with Crippen molar-refractivity contribution in [1.29, 1.82) is 0 Å². The Balaban J connectivity index is 1.49. The van der Waals surface area contributed by atoms with E-state index in [1.165, 1.54) is 65.9 Å². The number of fused-ring (bicyclic) bond motifs is 1. The number of carbonyl (C=O) groups is 1. The van der Waals surface area contributed by atoms with Crippen LogP contribution >= 0.6 is 0 Å². The maximum absolute atomic E-state index is 11.9. The maximum atomic E-state index is 11.9. The number of aromatic nitrogens is 1. The fourth-order valence-corrected chi connectivity index (χ4v) is 4.96. The third-order valence-electron chi connectivity index (χ3n) is 7.23. The first-order valence-electron chi connectivity index (χ1n) is 12.0. The Morgan fingerprint density at radius 3 is 2.36 bits per heavy atom. The van der Waals surface area contributed by atoms with Gasteiger partial charge in [0.05, 0.1) is 18.7 Å². The molecule has 0 radical (unpaired) electrons. The van der Waals surface area contributed by atoms with Crippen molar-refractivity contribution in [1.82, 2.24) is 4.57 Å². The molecule has 5 rings (SSSR count). The van der Waals surface area contributed by atoms with Gasteiger partial charge in [0.2, 0.25) is 0 Å². The first kappa shape index (κ1) is 21.5. The summed E-state index contributed by atoms with van der Waals surface area (Å²) in [6.45, 7) is 2.12. The van der Waals surface area contributed by atoms with E-state index in [-0.39, 0.29) is 12.0 Å². The van der Waals surface area contributed by atoms with Crippen LogP contribution in [0.15, 0.2) is 79.0 Å². The van der Waals surface area contributed by atoms with E-state index >= 15 is 0 Å². The van der Waals surface area contributed by atoms with E-state index in [0.717, 1.165) is 12.3 Å². The van der Waals surface area contributed by atoms with Crippen molar-refractivity contribution in [2.75, 3.05) is 7.11 Å². The van der Waals surface area contributed by atoms with Crippen molar-refractivity contribution >= 4 is 16.9 Å². The molecule has 1 atom stereocenters. The second kappa shape index (κ2) is 9.27. The zero-order chi connectivity index (χ0) is 22.8. The molecule has 0 saturated heterocycles. The molecule has 33 heavy (non-hydrogen) atoms. The molecule has 1 saturated carbocycles. The minimum absolute atomic E-state index is 0.250. The number of esters is 1. The van der Waals surface area contributed by atoms with Crippen LogP contribution in [-0.4, -0.2) is 17.6 Å². The SMILES string of the molecule is COC(=O)c1ccc(C(CCC2CCC2)n2ccc3cc(-c4ccc(C)cc4)ccc32)cc1. The topological polar surface area (TPSA) is 31.2 Å². The van der Waals surface area contributed by atoms with Gasteiger partial charge >= 0.3 is 5.97 Å². The Hall–Kier alpha value is -3.33. The van der Waals surface area contributed by atoms with Crippen molar-refractivity contribution in [3.63, 3.8) is 0 Å². The molecule has 0 bridgehead atoms. The van der Waals surface area contributed by atoms with E-state index in [4.69, 9.17) is 4.74 Å². The van der Waals surface area contributed by atoms with Crippen LogP contribution in [0.3, 0.4) is 0 Å². The second-order valence-electron chi connectivity index (χ2n) is 9.37. The minimum atomic E-state index is -0.289. The van der Waals surface area contributed by atoms with Gasteiger partial charge < -0.3 is 9.30 Å². The number of ether oxygens (including phenoxy) is 1. The number of methoxy groups -OCH3 is 1. The summed E-state index contributed by atoms with van der Waals surface area (Å²) in [4.78, 5) is 11.9. The van der Waals surface area contributed by atoms with Gasteiger partial charge in [0.15, 0.2) is 0 Å². The molecule has 0 spiro atoms. The molecule has 1 aliphatic carbocycles. The molecule has 3 nitrogen and oxygen atoms in total. The Morgan fingerprint density at radius 1 is 0.970 bits per heavy atom. The van der Waals surface area contributed by atoms with Gasteiger partial charge in [-0.2, -0.15) is 0 Å². The van der Waals surface area contributed by atoms with Gasteiger partial charge in [-0.25, -0.2) is 4.79 Å². The standard InChI is InChI=1S/C30H31NO2/c1-21-6-9-23(10-7-21)26-15-17-29-27(20-26)18-19-31(29)28(16-8-22-4-3-5-22)24-11-13-25(14-12-24)30(32)33-2/h6-7,9-15,17-20,22,28H,3-5,8,16H2,1-2H3. The van der Waals surface area contributed by atoms with Gasteiger partial charge in [-0.15, -0.1) is 0 Å². The van der Waals surface area contributed by atoms with E-state index in [1.807, 2.05) is 12.1 Å². The summed E-state index contributed by atoms with van der Waals surface area (Å²) in [5, 5.41) is 1.26. The number of aryl methyl sites for hydroxylation is 1. The lowest BCUT2D eigenvalue weighted by molar-refractivity contribution is 0.0600. The zero-order valence-corrected chi connectivity index (χ0v) is 19.5. The third-order valence-corrected chi connectivity index (χ3v) is 7.23. The largest absolute Gasteiger partial charge is 0.465 e. The summed E-state index contributed by atoms with van der Waals surface area (Å²) in [6.07, 6.45) is 8.66.